The molecule has 18 heavy (non-hydrogen) atoms. The van der Waals surface area contributed by atoms with Crippen LogP contribution >= 0.6 is 12.4 Å². The number of hydrogen-bond acceptors (Lipinski definition) is 3. The molecule has 1 atom stereocenters. The lowest BCUT2D eigenvalue weighted by molar-refractivity contribution is -0.121. The van der Waals surface area contributed by atoms with Gasteiger partial charge in [0.05, 0.1) is 12.6 Å². The fourth-order valence-corrected chi connectivity index (χ4v) is 1.27. The van der Waals surface area contributed by atoms with Crippen LogP contribution in [0.25, 0.3) is 0 Å². The lowest BCUT2D eigenvalue weighted by Crippen LogP contribution is -2.38. The normalized spacial score (nSPS) is 11.3. The minimum absolute atomic E-state index is 0. The Kier molecular flexibility index (Phi) is 8.16. The number of halogens is 1. The second kappa shape index (κ2) is 8.78. The van der Waals surface area contributed by atoms with E-state index in [1.54, 1.807) is 6.92 Å². The first-order valence-electron chi connectivity index (χ1n) is 5.82. The van der Waals surface area contributed by atoms with Crippen molar-refractivity contribution < 1.29 is 9.53 Å². The molecule has 1 unspecified atom stereocenters. The van der Waals surface area contributed by atoms with Crippen molar-refractivity contribution >= 4 is 18.3 Å². The first-order valence-corrected chi connectivity index (χ1v) is 5.82. The van der Waals surface area contributed by atoms with E-state index in [4.69, 9.17) is 10.5 Å². The number of carbonyl (C=O) groups is 1. The highest BCUT2D eigenvalue weighted by Crippen LogP contribution is 2.11. The van der Waals surface area contributed by atoms with E-state index in [1.165, 1.54) is 5.56 Å². The summed E-state index contributed by atoms with van der Waals surface area (Å²) in [6.07, 6.45) is 0.770. The molecule has 1 aromatic carbocycles. The molecular weight excluding hydrogens is 252 g/mol. The minimum Gasteiger partial charge on any atom is -0.494 e. The van der Waals surface area contributed by atoms with Gasteiger partial charge in [-0.1, -0.05) is 17.7 Å². The molecule has 0 aliphatic carbocycles. The highest BCUT2D eigenvalue weighted by atomic mass is 35.5. The summed E-state index contributed by atoms with van der Waals surface area (Å²) in [4.78, 5) is 11.1. The van der Waals surface area contributed by atoms with Crippen molar-refractivity contribution in [2.24, 2.45) is 5.73 Å². The predicted molar refractivity (Wildman–Crippen MR) is 75.2 cm³/mol. The van der Waals surface area contributed by atoms with E-state index in [-0.39, 0.29) is 18.3 Å². The molecule has 0 aromatic heterocycles. The predicted octanol–water partition coefficient (Wildman–Crippen LogP) is 1.65. The fourth-order valence-electron chi connectivity index (χ4n) is 1.27. The molecular formula is C13H21ClN2O2. The molecule has 0 heterocycles. The van der Waals surface area contributed by atoms with Gasteiger partial charge in [-0.2, -0.15) is 0 Å². The molecule has 0 saturated heterocycles. The van der Waals surface area contributed by atoms with Gasteiger partial charge in [0.15, 0.2) is 0 Å². The number of ether oxygens (including phenoxy) is 1. The van der Waals surface area contributed by atoms with Gasteiger partial charge in [0.25, 0.3) is 0 Å². The van der Waals surface area contributed by atoms with Crippen LogP contribution in [0, 0.1) is 6.92 Å². The molecule has 1 amide bonds. The summed E-state index contributed by atoms with van der Waals surface area (Å²) < 4.78 is 5.52. The Hall–Kier alpha value is -1.26. The molecule has 0 fully saturated rings. The Morgan fingerprint density at radius 3 is 2.56 bits per heavy atom. The van der Waals surface area contributed by atoms with Crippen molar-refractivity contribution in [2.75, 3.05) is 13.2 Å². The van der Waals surface area contributed by atoms with Gasteiger partial charge in [0.1, 0.15) is 5.75 Å². The number of benzene rings is 1. The summed E-state index contributed by atoms with van der Waals surface area (Å²) in [6, 6.07) is 7.44. The fraction of sp³-hybridized carbons (Fsp3) is 0.462. The Labute approximate surface area is 114 Å². The molecule has 102 valence electrons. The monoisotopic (exact) mass is 272 g/mol. The molecule has 0 bridgehead atoms. The molecule has 0 spiro atoms. The summed E-state index contributed by atoms with van der Waals surface area (Å²) in [5.74, 6) is 0.731. The third kappa shape index (κ3) is 6.47. The number of aryl methyl sites for hydroxylation is 1. The molecule has 0 saturated carbocycles. The van der Waals surface area contributed by atoms with Crippen LogP contribution in [0.5, 0.6) is 5.75 Å². The molecule has 1 aromatic rings. The maximum atomic E-state index is 11.1. The highest BCUT2D eigenvalue weighted by molar-refractivity contribution is 5.85. The molecule has 4 nitrogen and oxygen atoms in total. The average Bonchev–Trinajstić information content (AvgIpc) is 2.30. The van der Waals surface area contributed by atoms with E-state index in [0.717, 1.165) is 12.2 Å². The smallest absolute Gasteiger partial charge is 0.236 e. The Morgan fingerprint density at radius 1 is 1.39 bits per heavy atom. The lowest BCUT2D eigenvalue weighted by Gasteiger charge is -2.09. The number of hydrogen-bond donors (Lipinski definition) is 2. The topological polar surface area (TPSA) is 64.3 Å². The van der Waals surface area contributed by atoms with E-state index in [9.17, 15) is 4.79 Å². The quantitative estimate of drug-likeness (QED) is 0.774. The van der Waals surface area contributed by atoms with Gasteiger partial charge in [-0.15, -0.1) is 12.4 Å². The standard InChI is InChI=1S/C13H20N2O2.ClH/c1-10-4-6-12(7-5-10)17-9-3-8-15-13(16)11(2)14;/h4-7,11H,3,8-9,14H2,1-2H3,(H,15,16);1H. The van der Waals surface area contributed by atoms with Crippen molar-refractivity contribution in [3.63, 3.8) is 0 Å². The molecule has 0 aliphatic rings. The Morgan fingerprint density at radius 2 is 2.00 bits per heavy atom. The van der Waals surface area contributed by atoms with Gasteiger partial charge in [-0.05, 0) is 32.4 Å². The van der Waals surface area contributed by atoms with Gasteiger partial charge in [-0.25, -0.2) is 0 Å². The van der Waals surface area contributed by atoms with Crippen molar-refractivity contribution in [2.45, 2.75) is 26.3 Å². The van der Waals surface area contributed by atoms with Crippen LogP contribution in [-0.4, -0.2) is 25.1 Å². The first-order chi connectivity index (χ1) is 8.09. The summed E-state index contributed by atoms with van der Waals surface area (Å²) in [7, 11) is 0. The van der Waals surface area contributed by atoms with Crippen LogP contribution in [0.3, 0.4) is 0 Å². The van der Waals surface area contributed by atoms with Gasteiger partial charge in [-0.3, -0.25) is 4.79 Å². The molecule has 3 N–H and O–H groups in total. The van der Waals surface area contributed by atoms with Crippen molar-refractivity contribution in [3.8, 4) is 5.75 Å². The van der Waals surface area contributed by atoms with Crippen LogP contribution in [0.15, 0.2) is 24.3 Å². The molecule has 5 heteroatoms. The summed E-state index contributed by atoms with van der Waals surface area (Å²) in [6.45, 7) is 4.87. The van der Waals surface area contributed by atoms with E-state index in [0.29, 0.717) is 13.2 Å². The SMILES string of the molecule is Cc1ccc(OCCCNC(=O)C(C)N)cc1.Cl. The zero-order valence-electron chi connectivity index (χ0n) is 10.8. The number of carbonyl (C=O) groups excluding carboxylic acids is 1. The van der Waals surface area contributed by atoms with Crippen LogP contribution in [-0.2, 0) is 4.79 Å². The second-order valence-electron chi connectivity index (χ2n) is 4.09. The zero-order valence-corrected chi connectivity index (χ0v) is 11.6. The largest absolute Gasteiger partial charge is 0.494 e. The van der Waals surface area contributed by atoms with Gasteiger partial charge >= 0.3 is 0 Å². The maximum Gasteiger partial charge on any atom is 0.236 e. The third-order valence-corrected chi connectivity index (χ3v) is 2.32. The number of rotatable bonds is 6. The highest BCUT2D eigenvalue weighted by Gasteiger charge is 2.04. The first kappa shape index (κ1) is 16.7. The Balaban J connectivity index is 0.00000289. The van der Waals surface area contributed by atoms with Crippen LogP contribution < -0.4 is 15.8 Å². The van der Waals surface area contributed by atoms with E-state index >= 15 is 0 Å². The van der Waals surface area contributed by atoms with Crippen molar-refractivity contribution in [1.82, 2.24) is 5.32 Å². The van der Waals surface area contributed by atoms with Crippen LogP contribution in [0.4, 0.5) is 0 Å². The summed E-state index contributed by atoms with van der Waals surface area (Å²) in [5.41, 5.74) is 6.62. The Bertz CT molecular complexity index is 353. The van der Waals surface area contributed by atoms with Gasteiger partial charge in [0.2, 0.25) is 5.91 Å². The number of amides is 1. The average molecular weight is 273 g/mol. The zero-order chi connectivity index (χ0) is 12.7. The van der Waals surface area contributed by atoms with Crippen LogP contribution in [0.1, 0.15) is 18.9 Å². The molecule has 0 radical (unpaired) electrons. The summed E-state index contributed by atoms with van der Waals surface area (Å²) >= 11 is 0. The van der Waals surface area contributed by atoms with Crippen LogP contribution in [0.2, 0.25) is 0 Å². The second-order valence-corrected chi connectivity index (χ2v) is 4.09. The minimum atomic E-state index is -0.451. The molecule has 1 rings (SSSR count). The van der Waals surface area contributed by atoms with Gasteiger partial charge < -0.3 is 15.8 Å². The van der Waals surface area contributed by atoms with Gasteiger partial charge in [0, 0.05) is 6.54 Å². The number of nitrogens with two attached hydrogens (primary N) is 1. The van der Waals surface area contributed by atoms with E-state index < -0.39 is 6.04 Å². The third-order valence-electron chi connectivity index (χ3n) is 2.32. The lowest BCUT2D eigenvalue weighted by atomic mass is 10.2. The maximum absolute atomic E-state index is 11.1. The van der Waals surface area contributed by atoms with Crippen molar-refractivity contribution in [1.29, 1.82) is 0 Å². The van der Waals surface area contributed by atoms with E-state index in [2.05, 4.69) is 5.32 Å². The molecule has 0 aliphatic heterocycles. The van der Waals surface area contributed by atoms with E-state index in [1.807, 2.05) is 31.2 Å². The van der Waals surface area contributed by atoms with Crippen molar-refractivity contribution in [3.05, 3.63) is 29.8 Å². The number of nitrogens with one attached hydrogen (secondary N) is 1. The summed E-state index contributed by atoms with van der Waals surface area (Å²) in [5, 5.41) is 2.73.